The third-order valence-corrected chi connectivity index (χ3v) is 4.58. The molecular formula is C12H12BrN3O2S. The second kappa shape index (κ2) is 5.18. The van der Waals surface area contributed by atoms with E-state index in [1.54, 1.807) is 37.3 Å². The Labute approximate surface area is 120 Å². The van der Waals surface area contributed by atoms with Gasteiger partial charge in [-0.1, -0.05) is 18.2 Å². The predicted molar refractivity (Wildman–Crippen MR) is 78.3 cm³/mol. The fourth-order valence-corrected chi connectivity index (χ4v) is 3.44. The highest BCUT2D eigenvalue weighted by molar-refractivity contribution is 9.10. The van der Waals surface area contributed by atoms with Crippen molar-refractivity contribution >= 4 is 37.5 Å². The third-order valence-electron chi connectivity index (χ3n) is 2.48. The summed E-state index contributed by atoms with van der Waals surface area (Å²) in [6.45, 7) is 1.74. The highest BCUT2D eigenvalue weighted by Gasteiger charge is 2.18. The molecule has 5 nitrogen and oxygen atoms in total. The molecule has 0 spiro atoms. The van der Waals surface area contributed by atoms with Crippen molar-refractivity contribution in [3.63, 3.8) is 0 Å². The Morgan fingerprint density at radius 1 is 1.32 bits per heavy atom. The van der Waals surface area contributed by atoms with E-state index in [9.17, 15) is 8.42 Å². The van der Waals surface area contributed by atoms with Crippen LogP contribution in [0.25, 0.3) is 0 Å². The average molecular weight is 342 g/mol. The second-order valence-electron chi connectivity index (χ2n) is 3.97. The molecule has 1 heterocycles. The van der Waals surface area contributed by atoms with Crippen LogP contribution in [0.3, 0.4) is 0 Å². The molecule has 3 N–H and O–H groups in total. The van der Waals surface area contributed by atoms with Gasteiger partial charge in [-0.15, -0.1) is 0 Å². The number of pyridine rings is 1. The first kappa shape index (κ1) is 13.8. The molecule has 0 unspecified atom stereocenters. The molecule has 1 aromatic heterocycles. The zero-order chi connectivity index (χ0) is 14.0. The Balaban J connectivity index is 2.40. The van der Waals surface area contributed by atoms with Gasteiger partial charge in [-0.25, -0.2) is 13.4 Å². The van der Waals surface area contributed by atoms with Crippen LogP contribution in [0.5, 0.6) is 0 Å². The number of nitrogens with two attached hydrogens (primary N) is 1. The number of nitrogen functional groups attached to an aromatic ring is 1. The van der Waals surface area contributed by atoms with Crippen LogP contribution in [-0.4, -0.2) is 13.4 Å². The van der Waals surface area contributed by atoms with Gasteiger partial charge in [0.25, 0.3) is 10.0 Å². The van der Waals surface area contributed by atoms with E-state index >= 15 is 0 Å². The number of halogens is 1. The number of aryl methyl sites for hydroxylation is 1. The first-order chi connectivity index (χ1) is 8.90. The zero-order valence-corrected chi connectivity index (χ0v) is 12.5. The lowest BCUT2D eigenvalue weighted by molar-refractivity contribution is 0.600. The Kier molecular flexibility index (Phi) is 3.77. The van der Waals surface area contributed by atoms with Crippen LogP contribution in [0.15, 0.2) is 45.9 Å². The van der Waals surface area contributed by atoms with Gasteiger partial charge in [0, 0.05) is 0 Å². The van der Waals surface area contributed by atoms with Crippen LogP contribution >= 0.6 is 15.9 Å². The number of benzene rings is 1. The molecule has 0 saturated carbocycles. The molecule has 1 aromatic carbocycles. The molecule has 0 amide bonds. The van der Waals surface area contributed by atoms with Crippen molar-refractivity contribution in [2.75, 3.05) is 10.5 Å². The highest BCUT2D eigenvalue weighted by atomic mass is 79.9. The van der Waals surface area contributed by atoms with Gasteiger partial charge in [-0.3, -0.25) is 4.72 Å². The Bertz CT molecular complexity index is 717. The number of sulfonamides is 1. The van der Waals surface area contributed by atoms with Gasteiger partial charge in [0.05, 0.1) is 21.3 Å². The lowest BCUT2D eigenvalue weighted by Gasteiger charge is -2.10. The van der Waals surface area contributed by atoms with Crippen molar-refractivity contribution in [1.29, 1.82) is 0 Å². The van der Waals surface area contributed by atoms with Crippen molar-refractivity contribution in [3.8, 4) is 0 Å². The van der Waals surface area contributed by atoms with E-state index in [4.69, 9.17) is 5.73 Å². The van der Waals surface area contributed by atoms with Gasteiger partial charge in [-0.05, 0) is 40.5 Å². The number of nitrogens with zero attached hydrogens (tertiary/aromatic N) is 1. The lowest BCUT2D eigenvalue weighted by atomic mass is 10.2. The summed E-state index contributed by atoms with van der Waals surface area (Å²) in [5, 5.41) is 0. The summed E-state index contributed by atoms with van der Waals surface area (Å²) in [4.78, 5) is 4.18. The Morgan fingerprint density at radius 3 is 2.63 bits per heavy atom. The summed E-state index contributed by atoms with van der Waals surface area (Å²) in [5.41, 5.74) is 6.67. The predicted octanol–water partition coefficient (Wildman–Crippen LogP) is 2.54. The molecule has 100 valence electrons. The fourth-order valence-electron chi connectivity index (χ4n) is 1.57. The molecule has 0 bridgehead atoms. The van der Waals surface area contributed by atoms with Crippen LogP contribution in [0.2, 0.25) is 0 Å². The van der Waals surface area contributed by atoms with Crippen molar-refractivity contribution in [3.05, 3.63) is 46.6 Å². The SMILES string of the molecule is Cc1ccccc1S(=O)(=O)Nc1ncc(N)cc1Br. The average Bonchev–Trinajstić information content (AvgIpc) is 2.33. The summed E-state index contributed by atoms with van der Waals surface area (Å²) in [5.74, 6) is 0.206. The minimum atomic E-state index is -3.66. The largest absolute Gasteiger partial charge is 0.397 e. The lowest BCUT2D eigenvalue weighted by Crippen LogP contribution is -2.15. The fraction of sp³-hybridized carbons (Fsp3) is 0.0833. The number of anilines is 2. The monoisotopic (exact) mass is 341 g/mol. The quantitative estimate of drug-likeness (QED) is 0.898. The van der Waals surface area contributed by atoms with Crippen molar-refractivity contribution in [2.45, 2.75) is 11.8 Å². The van der Waals surface area contributed by atoms with Crippen LogP contribution in [-0.2, 0) is 10.0 Å². The summed E-state index contributed by atoms with van der Waals surface area (Å²) < 4.78 is 27.4. The van der Waals surface area contributed by atoms with E-state index in [1.807, 2.05) is 0 Å². The van der Waals surface area contributed by atoms with E-state index in [0.717, 1.165) is 0 Å². The standard InChI is InChI=1S/C12H12BrN3O2S/c1-8-4-2-3-5-11(8)19(17,18)16-12-10(13)6-9(14)7-15-12/h2-7H,14H2,1H3,(H,15,16). The molecule has 2 aromatic rings. The molecule has 0 aliphatic carbocycles. The highest BCUT2D eigenvalue weighted by Crippen LogP contribution is 2.25. The molecule has 0 aliphatic rings. The number of rotatable bonds is 3. The van der Waals surface area contributed by atoms with Crippen molar-refractivity contribution in [1.82, 2.24) is 4.98 Å². The maximum Gasteiger partial charge on any atom is 0.263 e. The maximum absolute atomic E-state index is 12.3. The maximum atomic E-state index is 12.3. The van der Waals surface area contributed by atoms with Gasteiger partial charge < -0.3 is 5.73 Å². The third kappa shape index (κ3) is 3.05. The van der Waals surface area contributed by atoms with E-state index in [-0.39, 0.29) is 10.7 Å². The minimum Gasteiger partial charge on any atom is -0.397 e. The van der Waals surface area contributed by atoms with E-state index in [1.165, 1.54) is 6.20 Å². The Hall–Kier alpha value is -1.60. The zero-order valence-electron chi connectivity index (χ0n) is 10.1. The number of hydrogen-bond acceptors (Lipinski definition) is 4. The molecule has 2 rings (SSSR count). The van der Waals surface area contributed by atoms with E-state index in [2.05, 4.69) is 25.6 Å². The second-order valence-corrected chi connectivity index (χ2v) is 6.48. The Morgan fingerprint density at radius 2 is 2.00 bits per heavy atom. The smallest absolute Gasteiger partial charge is 0.263 e. The first-order valence-electron chi connectivity index (χ1n) is 5.39. The molecular weight excluding hydrogens is 330 g/mol. The summed E-state index contributed by atoms with van der Waals surface area (Å²) in [6, 6.07) is 8.32. The number of aromatic nitrogens is 1. The van der Waals surface area contributed by atoms with Gasteiger partial charge >= 0.3 is 0 Å². The van der Waals surface area contributed by atoms with Crippen LogP contribution < -0.4 is 10.5 Å². The summed E-state index contributed by atoms with van der Waals surface area (Å²) in [6.07, 6.45) is 1.39. The number of hydrogen-bond donors (Lipinski definition) is 2. The molecule has 0 saturated heterocycles. The molecule has 0 atom stereocenters. The van der Waals surface area contributed by atoms with Crippen molar-refractivity contribution < 1.29 is 8.42 Å². The van der Waals surface area contributed by atoms with Gasteiger partial charge in [0.1, 0.15) is 0 Å². The number of nitrogens with one attached hydrogen (secondary N) is 1. The summed E-state index contributed by atoms with van der Waals surface area (Å²) in [7, 11) is -3.66. The van der Waals surface area contributed by atoms with E-state index in [0.29, 0.717) is 15.7 Å². The summed E-state index contributed by atoms with van der Waals surface area (Å²) >= 11 is 3.22. The topological polar surface area (TPSA) is 85.1 Å². The molecule has 0 aliphatic heterocycles. The van der Waals surface area contributed by atoms with Gasteiger partial charge in [0.15, 0.2) is 5.82 Å². The molecule has 7 heteroatoms. The van der Waals surface area contributed by atoms with Crippen molar-refractivity contribution in [2.24, 2.45) is 0 Å². The van der Waals surface area contributed by atoms with E-state index < -0.39 is 10.0 Å². The molecule has 0 fully saturated rings. The van der Waals surface area contributed by atoms with Gasteiger partial charge in [-0.2, -0.15) is 0 Å². The van der Waals surface area contributed by atoms with Gasteiger partial charge in [0.2, 0.25) is 0 Å². The van der Waals surface area contributed by atoms with Crippen LogP contribution in [0.1, 0.15) is 5.56 Å². The molecule has 0 radical (unpaired) electrons. The first-order valence-corrected chi connectivity index (χ1v) is 7.67. The van der Waals surface area contributed by atoms with Crippen LogP contribution in [0.4, 0.5) is 11.5 Å². The van der Waals surface area contributed by atoms with Crippen LogP contribution in [0, 0.1) is 6.92 Å². The normalized spacial score (nSPS) is 11.3. The minimum absolute atomic E-state index is 0.206. The molecule has 19 heavy (non-hydrogen) atoms.